The first-order valence-electron chi connectivity index (χ1n) is 10.7. The van der Waals surface area contributed by atoms with Crippen LogP contribution in [0.5, 0.6) is 11.5 Å². The van der Waals surface area contributed by atoms with Gasteiger partial charge in [-0.1, -0.05) is 60.7 Å². The Morgan fingerprint density at radius 3 is 1.58 bits per heavy atom. The minimum absolute atomic E-state index is 0.239. The van der Waals surface area contributed by atoms with E-state index in [1.807, 2.05) is 63.2 Å². The van der Waals surface area contributed by atoms with Gasteiger partial charge in [0.1, 0.15) is 0 Å². The van der Waals surface area contributed by atoms with Crippen molar-refractivity contribution in [2.45, 2.75) is 20.8 Å². The van der Waals surface area contributed by atoms with Crippen molar-refractivity contribution in [2.75, 3.05) is 0 Å². The summed E-state index contributed by atoms with van der Waals surface area (Å²) in [5.74, 6) is -0.551. The second kappa shape index (κ2) is 9.53. The number of carbonyl (C=O) groups is 2. The lowest BCUT2D eigenvalue weighted by atomic mass is 9.94. The highest BCUT2D eigenvalue weighted by molar-refractivity contribution is 5.94. The van der Waals surface area contributed by atoms with Crippen molar-refractivity contribution in [1.29, 1.82) is 0 Å². The maximum atomic E-state index is 12.9. The number of benzene rings is 4. The monoisotopic (exact) mass is 436 g/mol. The Morgan fingerprint density at radius 2 is 1.03 bits per heavy atom. The van der Waals surface area contributed by atoms with Crippen molar-refractivity contribution < 1.29 is 19.1 Å². The zero-order valence-electron chi connectivity index (χ0n) is 18.8. The molecule has 4 nitrogen and oxygen atoms in total. The Balaban J connectivity index is 1.82. The van der Waals surface area contributed by atoms with Gasteiger partial charge >= 0.3 is 11.9 Å². The molecular formula is C29H24O4. The molecule has 33 heavy (non-hydrogen) atoms. The van der Waals surface area contributed by atoms with E-state index in [2.05, 4.69) is 0 Å². The van der Waals surface area contributed by atoms with Crippen LogP contribution in [0.4, 0.5) is 0 Å². The molecule has 0 bridgehead atoms. The molecule has 0 N–H and O–H groups in total. The van der Waals surface area contributed by atoms with E-state index in [1.54, 1.807) is 48.5 Å². The Bertz CT molecular complexity index is 1310. The smallest absolute Gasteiger partial charge is 0.343 e. The minimum atomic E-state index is -0.517. The zero-order chi connectivity index (χ0) is 23.4. The number of aryl methyl sites for hydroxylation is 2. The Kier molecular flexibility index (Phi) is 6.36. The first kappa shape index (κ1) is 22.0. The lowest BCUT2D eigenvalue weighted by molar-refractivity contribution is 0.0680. The largest absolute Gasteiger partial charge is 0.419 e. The topological polar surface area (TPSA) is 52.6 Å². The molecule has 4 heteroatoms. The standard InChI is InChI=1S/C29H24O4/c1-19-12-10-11-17-24(19)25-18-20(2)26(32-28(30)22-13-6-4-7-14-22)27(21(25)3)33-29(31)23-15-8-5-9-16-23/h4-18H,1-3H3. The summed E-state index contributed by atoms with van der Waals surface area (Å²) in [6.07, 6.45) is 0. The normalized spacial score (nSPS) is 10.5. The average Bonchev–Trinajstić information content (AvgIpc) is 2.84. The van der Waals surface area contributed by atoms with Gasteiger partial charge in [-0.15, -0.1) is 0 Å². The number of esters is 2. The molecule has 0 fully saturated rings. The van der Waals surface area contributed by atoms with Crippen molar-refractivity contribution in [3.63, 3.8) is 0 Å². The van der Waals surface area contributed by atoms with E-state index in [0.717, 1.165) is 22.3 Å². The second-order valence-corrected chi connectivity index (χ2v) is 7.85. The highest BCUT2D eigenvalue weighted by Gasteiger charge is 2.23. The summed E-state index contributed by atoms with van der Waals surface area (Å²) in [6, 6.07) is 27.4. The fourth-order valence-corrected chi connectivity index (χ4v) is 3.72. The van der Waals surface area contributed by atoms with Gasteiger partial charge in [0.15, 0.2) is 11.5 Å². The van der Waals surface area contributed by atoms with Gasteiger partial charge in [0.05, 0.1) is 11.1 Å². The van der Waals surface area contributed by atoms with Crippen molar-refractivity contribution >= 4 is 11.9 Å². The van der Waals surface area contributed by atoms with Crippen LogP contribution >= 0.6 is 0 Å². The van der Waals surface area contributed by atoms with E-state index in [0.29, 0.717) is 16.7 Å². The first-order valence-corrected chi connectivity index (χ1v) is 10.7. The summed E-state index contributed by atoms with van der Waals surface area (Å²) >= 11 is 0. The number of hydrogen-bond donors (Lipinski definition) is 0. The molecule has 4 aromatic rings. The number of rotatable bonds is 5. The summed E-state index contributed by atoms with van der Waals surface area (Å²) in [6.45, 7) is 5.74. The maximum absolute atomic E-state index is 12.9. The van der Waals surface area contributed by atoms with Crippen molar-refractivity contribution in [2.24, 2.45) is 0 Å². The summed E-state index contributed by atoms with van der Waals surface area (Å²) in [7, 11) is 0. The molecule has 0 aliphatic heterocycles. The lowest BCUT2D eigenvalue weighted by Gasteiger charge is -2.19. The zero-order valence-corrected chi connectivity index (χ0v) is 18.8. The molecule has 0 saturated carbocycles. The highest BCUT2D eigenvalue weighted by atomic mass is 16.6. The van der Waals surface area contributed by atoms with Gasteiger partial charge in [-0.2, -0.15) is 0 Å². The second-order valence-electron chi connectivity index (χ2n) is 7.85. The first-order chi connectivity index (χ1) is 16.0. The van der Waals surface area contributed by atoms with Crippen LogP contribution in [-0.4, -0.2) is 11.9 Å². The number of hydrogen-bond acceptors (Lipinski definition) is 4. The van der Waals surface area contributed by atoms with Crippen LogP contribution in [0.1, 0.15) is 37.4 Å². The van der Waals surface area contributed by atoms with Crippen LogP contribution in [0.2, 0.25) is 0 Å². The molecule has 0 radical (unpaired) electrons. The molecule has 0 atom stereocenters. The van der Waals surface area contributed by atoms with Crippen molar-refractivity contribution in [3.05, 3.63) is 119 Å². The van der Waals surface area contributed by atoms with Gasteiger partial charge in [0.2, 0.25) is 0 Å². The molecule has 0 aromatic heterocycles. The predicted octanol–water partition coefficient (Wildman–Crippen LogP) is 6.72. The van der Waals surface area contributed by atoms with Crippen LogP contribution in [0, 0.1) is 20.8 Å². The third-order valence-corrected chi connectivity index (χ3v) is 5.51. The van der Waals surface area contributed by atoms with Gasteiger partial charge in [-0.25, -0.2) is 9.59 Å². The van der Waals surface area contributed by atoms with Crippen LogP contribution in [-0.2, 0) is 0 Å². The van der Waals surface area contributed by atoms with E-state index in [4.69, 9.17) is 9.47 Å². The fourth-order valence-electron chi connectivity index (χ4n) is 3.72. The average molecular weight is 437 g/mol. The fraction of sp³-hybridized carbons (Fsp3) is 0.103. The molecular weight excluding hydrogens is 412 g/mol. The van der Waals surface area contributed by atoms with Gasteiger partial charge in [-0.05, 0) is 73.4 Å². The van der Waals surface area contributed by atoms with Crippen molar-refractivity contribution in [3.8, 4) is 22.6 Å². The van der Waals surface area contributed by atoms with Gasteiger partial charge in [0, 0.05) is 5.56 Å². The molecule has 0 amide bonds. The Hall–Kier alpha value is -4.18. The lowest BCUT2D eigenvalue weighted by Crippen LogP contribution is -2.14. The van der Waals surface area contributed by atoms with E-state index in [-0.39, 0.29) is 11.5 Å². The highest BCUT2D eigenvalue weighted by Crippen LogP contribution is 2.42. The molecule has 0 aliphatic carbocycles. The quantitative estimate of drug-likeness (QED) is 0.257. The van der Waals surface area contributed by atoms with Gasteiger partial charge < -0.3 is 9.47 Å². The third-order valence-electron chi connectivity index (χ3n) is 5.51. The van der Waals surface area contributed by atoms with Gasteiger partial charge in [-0.3, -0.25) is 0 Å². The van der Waals surface area contributed by atoms with Crippen LogP contribution in [0.25, 0.3) is 11.1 Å². The third kappa shape index (κ3) is 4.70. The molecule has 0 unspecified atom stereocenters. The maximum Gasteiger partial charge on any atom is 0.343 e. The number of carbonyl (C=O) groups excluding carboxylic acids is 2. The van der Waals surface area contributed by atoms with E-state index in [1.165, 1.54) is 0 Å². The van der Waals surface area contributed by atoms with E-state index in [9.17, 15) is 9.59 Å². The van der Waals surface area contributed by atoms with Gasteiger partial charge in [0.25, 0.3) is 0 Å². The minimum Gasteiger partial charge on any atom is -0.419 e. The molecule has 4 rings (SSSR count). The molecule has 4 aromatic carbocycles. The van der Waals surface area contributed by atoms with Crippen molar-refractivity contribution in [1.82, 2.24) is 0 Å². The van der Waals surface area contributed by atoms with E-state index < -0.39 is 11.9 Å². The Labute approximate surface area is 193 Å². The summed E-state index contributed by atoms with van der Waals surface area (Å²) in [4.78, 5) is 25.8. The summed E-state index contributed by atoms with van der Waals surface area (Å²) < 4.78 is 11.7. The van der Waals surface area contributed by atoms with Crippen LogP contribution in [0.3, 0.4) is 0 Å². The van der Waals surface area contributed by atoms with E-state index >= 15 is 0 Å². The Morgan fingerprint density at radius 1 is 0.545 bits per heavy atom. The molecule has 0 aliphatic rings. The molecule has 0 heterocycles. The molecule has 0 saturated heterocycles. The van der Waals surface area contributed by atoms with Crippen LogP contribution < -0.4 is 9.47 Å². The SMILES string of the molecule is Cc1ccccc1-c1cc(C)c(OC(=O)c2ccccc2)c(OC(=O)c2ccccc2)c1C. The van der Waals surface area contributed by atoms with Crippen LogP contribution in [0.15, 0.2) is 91.0 Å². The molecule has 164 valence electrons. The number of ether oxygens (including phenoxy) is 2. The summed E-state index contributed by atoms with van der Waals surface area (Å²) in [5.41, 5.74) is 5.27. The predicted molar refractivity (Wildman–Crippen MR) is 129 cm³/mol. The summed E-state index contributed by atoms with van der Waals surface area (Å²) in [5, 5.41) is 0. The molecule has 0 spiro atoms.